The number of benzene rings is 2. The monoisotopic (exact) mass is 481 g/mol. The molecule has 11 heteroatoms. The van der Waals surface area contributed by atoms with Crippen LogP contribution in [0.15, 0.2) is 47.6 Å². The summed E-state index contributed by atoms with van der Waals surface area (Å²) >= 11 is 13.0. The van der Waals surface area contributed by atoms with Crippen molar-refractivity contribution in [1.29, 1.82) is 0 Å². The lowest BCUT2D eigenvalue weighted by molar-refractivity contribution is -0.113. The number of rotatable bonds is 8. The fourth-order valence-electron chi connectivity index (χ4n) is 2.62. The van der Waals surface area contributed by atoms with E-state index in [0.29, 0.717) is 33.1 Å². The maximum atomic E-state index is 13.6. The van der Waals surface area contributed by atoms with Gasteiger partial charge in [0.05, 0.1) is 21.4 Å². The minimum atomic E-state index is -0.573. The largest absolute Gasteiger partial charge is 0.351 e. The lowest BCUT2D eigenvalue weighted by Gasteiger charge is -2.07. The minimum Gasteiger partial charge on any atom is -0.351 e. The Labute approximate surface area is 192 Å². The van der Waals surface area contributed by atoms with E-state index in [-0.39, 0.29) is 23.8 Å². The van der Waals surface area contributed by atoms with Gasteiger partial charge in [-0.05, 0) is 30.3 Å². The number of hydrogen-bond acceptors (Lipinski definition) is 5. The van der Waals surface area contributed by atoms with Crippen LogP contribution < -0.4 is 10.6 Å². The quantitative estimate of drug-likeness (QED) is 0.475. The van der Waals surface area contributed by atoms with Gasteiger partial charge in [0.2, 0.25) is 5.91 Å². The molecule has 1 aromatic heterocycles. The maximum Gasteiger partial charge on any atom is 0.254 e. The molecule has 0 bridgehead atoms. The highest BCUT2D eigenvalue weighted by atomic mass is 35.5. The first-order valence-corrected chi connectivity index (χ1v) is 10.9. The van der Waals surface area contributed by atoms with Crippen LogP contribution in [-0.2, 0) is 18.3 Å². The Kier molecular flexibility index (Phi) is 7.89. The van der Waals surface area contributed by atoms with Gasteiger partial charge in [0.1, 0.15) is 11.6 Å². The van der Waals surface area contributed by atoms with Crippen LogP contribution in [0.1, 0.15) is 16.2 Å². The Morgan fingerprint density at radius 3 is 2.65 bits per heavy atom. The molecule has 3 rings (SSSR count). The van der Waals surface area contributed by atoms with E-state index in [4.69, 9.17) is 23.2 Å². The first kappa shape index (κ1) is 23.1. The van der Waals surface area contributed by atoms with Gasteiger partial charge in [0, 0.05) is 25.7 Å². The SMILES string of the molecule is Cn1c(CCNC(=O)c2ccccc2F)nnc1SCC(=O)Nc1ccc(Cl)c(Cl)c1. The second-order valence-electron chi connectivity index (χ2n) is 6.41. The number of halogens is 3. The van der Waals surface area contributed by atoms with E-state index in [9.17, 15) is 14.0 Å². The van der Waals surface area contributed by atoms with Gasteiger partial charge in [-0.25, -0.2) is 4.39 Å². The molecule has 0 aliphatic heterocycles. The summed E-state index contributed by atoms with van der Waals surface area (Å²) in [5, 5.41) is 14.9. The standard InChI is InChI=1S/C20H18Cl2FN5O2S/c1-28-17(8-9-24-19(30)13-4-2-3-5-16(13)23)26-27-20(28)31-11-18(29)25-12-6-7-14(21)15(22)10-12/h2-7,10H,8-9,11H2,1H3,(H,24,30)(H,25,29). The molecule has 3 aromatic rings. The van der Waals surface area contributed by atoms with Crippen LogP contribution >= 0.6 is 35.0 Å². The van der Waals surface area contributed by atoms with Crippen molar-refractivity contribution in [2.45, 2.75) is 11.6 Å². The molecule has 0 radical (unpaired) electrons. The molecule has 0 saturated heterocycles. The molecule has 31 heavy (non-hydrogen) atoms. The van der Waals surface area contributed by atoms with Crippen LogP contribution in [0, 0.1) is 5.82 Å². The Morgan fingerprint density at radius 2 is 1.90 bits per heavy atom. The summed E-state index contributed by atoms with van der Waals surface area (Å²) in [4.78, 5) is 24.2. The van der Waals surface area contributed by atoms with Crippen molar-refractivity contribution in [3.05, 3.63) is 69.7 Å². The van der Waals surface area contributed by atoms with Crippen molar-refractivity contribution in [2.75, 3.05) is 17.6 Å². The molecule has 0 unspecified atom stereocenters. The Balaban J connectivity index is 1.48. The van der Waals surface area contributed by atoms with E-state index in [1.807, 2.05) is 0 Å². The summed E-state index contributed by atoms with van der Waals surface area (Å²) in [6.45, 7) is 0.265. The highest BCUT2D eigenvalue weighted by Gasteiger charge is 2.14. The molecule has 2 amide bonds. The molecule has 2 aromatic carbocycles. The molecule has 7 nitrogen and oxygen atoms in total. The zero-order valence-corrected chi connectivity index (χ0v) is 18.7. The molecular formula is C20H18Cl2FN5O2S. The highest BCUT2D eigenvalue weighted by molar-refractivity contribution is 7.99. The summed E-state index contributed by atoms with van der Waals surface area (Å²) in [6.07, 6.45) is 0.403. The second kappa shape index (κ2) is 10.6. The van der Waals surface area contributed by atoms with E-state index in [2.05, 4.69) is 20.8 Å². The Hall–Kier alpha value is -2.62. The van der Waals surface area contributed by atoms with Crippen LogP contribution in [-0.4, -0.2) is 38.9 Å². The average Bonchev–Trinajstić information content (AvgIpc) is 3.09. The summed E-state index contributed by atoms with van der Waals surface area (Å²) in [7, 11) is 1.77. The van der Waals surface area contributed by atoms with Gasteiger partial charge in [-0.1, -0.05) is 47.1 Å². The van der Waals surface area contributed by atoms with Gasteiger partial charge >= 0.3 is 0 Å². The fourth-order valence-corrected chi connectivity index (χ4v) is 3.65. The van der Waals surface area contributed by atoms with E-state index in [0.717, 1.165) is 0 Å². The second-order valence-corrected chi connectivity index (χ2v) is 8.17. The molecule has 162 valence electrons. The first-order valence-electron chi connectivity index (χ1n) is 9.14. The van der Waals surface area contributed by atoms with Crippen LogP contribution in [0.2, 0.25) is 10.0 Å². The average molecular weight is 482 g/mol. The Bertz CT molecular complexity index is 1110. The molecule has 0 atom stereocenters. The number of amides is 2. The number of hydrogen-bond donors (Lipinski definition) is 2. The third kappa shape index (κ3) is 6.19. The predicted molar refractivity (Wildman–Crippen MR) is 119 cm³/mol. The number of carbonyl (C=O) groups is 2. The highest BCUT2D eigenvalue weighted by Crippen LogP contribution is 2.25. The van der Waals surface area contributed by atoms with Gasteiger partial charge in [0.25, 0.3) is 5.91 Å². The molecule has 0 aliphatic carbocycles. The normalized spacial score (nSPS) is 10.7. The van der Waals surface area contributed by atoms with Crippen molar-refractivity contribution < 1.29 is 14.0 Å². The van der Waals surface area contributed by atoms with Crippen molar-refractivity contribution in [3.8, 4) is 0 Å². The van der Waals surface area contributed by atoms with Crippen LogP contribution in [0.3, 0.4) is 0 Å². The van der Waals surface area contributed by atoms with Gasteiger partial charge in [-0.15, -0.1) is 10.2 Å². The number of aromatic nitrogens is 3. The molecule has 0 fully saturated rings. The smallest absolute Gasteiger partial charge is 0.254 e. The number of nitrogens with zero attached hydrogens (tertiary/aromatic N) is 3. The molecule has 1 heterocycles. The lowest BCUT2D eigenvalue weighted by Crippen LogP contribution is -2.27. The molecule has 0 spiro atoms. The van der Waals surface area contributed by atoms with Crippen LogP contribution in [0.25, 0.3) is 0 Å². The van der Waals surface area contributed by atoms with Crippen molar-refractivity contribution in [2.24, 2.45) is 7.05 Å². The molecule has 0 saturated carbocycles. The third-order valence-electron chi connectivity index (χ3n) is 4.21. The summed E-state index contributed by atoms with van der Waals surface area (Å²) in [5.74, 6) is -0.549. The fraction of sp³-hybridized carbons (Fsp3) is 0.200. The summed E-state index contributed by atoms with van der Waals surface area (Å²) in [6, 6.07) is 10.6. The van der Waals surface area contributed by atoms with Crippen LogP contribution in [0.4, 0.5) is 10.1 Å². The topological polar surface area (TPSA) is 88.9 Å². The van der Waals surface area contributed by atoms with Crippen LogP contribution in [0.5, 0.6) is 0 Å². The minimum absolute atomic E-state index is 0.00954. The van der Waals surface area contributed by atoms with Crippen molar-refractivity contribution in [1.82, 2.24) is 20.1 Å². The number of anilines is 1. The zero-order chi connectivity index (χ0) is 22.4. The molecule has 2 N–H and O–H groups in total. The van der Waals surface area contributed by atoms with Gasteiger partial charge in [-0.2, -0.15) is 0 Å². The number of nitrogens with one attached hydrogen (secondary N) is 2. The summed E-state index contributed by atoms with van der Waals surface area (Å²) in [5.41, 5.74) is 0.536. The molecular weight excluding hydrogens is 464 g/mol. The van der Waals surface area contributed by atoms with Gasteiger partial charge in [-0.3, -0.25) is 9.59 Å². The van der Waals surface area contributed by atoms with Crippen molar-refractivity contribution >= 4 is 52.5 Å². The van der Waals surface area contributed by atoms with Crippen molar-refractivity contribution in [3.63, 3.8) is 0 Å². The maximum absolute atomic E-state index is 13.6. The third-order valence-corrected chi connectivity index (χ3v) is 5.97. The van der Waals surface area contributed by atoms with E-state index < -0.39 is 11.7 Å². The molecule has 0 aliphatic rings. The number of carbonyl (C=O) groups excluding carboxylic acids is 2. The Morgan fingerprint density at radius 1 is 1.13 bits per heavy atom. The summed E-state index contributed by atoms with van der Waals surface area (Å²) < 4.78 is 15.4. The predicted octanol–water partition coefficient (Wildman–Crippen LogP) is 3.96. The van der Waals surface area contributed by atoms with Gasteiger partial charge < -0.3 is 15.2 Å². The zero-order valence-electron chi connectivity index (χ0n) is 16.4. The van der Waals surface area contributed by atoms with E-state index >= 15 is 0 Å². The number of thioether (sulfide) groups is 1. The van der Waals surface area contributed by atoms with E-state index in [1.54, 1.807) is 35.9 Å². The van der Waals surface area contributed by atoms with E-state index in [1.165, 1.54) is 30.0 Å². The van der Waals surface area contributed by atoms with Gasteiger partial charge in [0.15, 0.2) is 5.16 Å². The first-order chi connectivity index (χ1) is 14.8. The lowest BCUT2D eigenvalue weighted by atomic mass is 10.2.